The van der Waals surface area contributed by atoms with Crippen molar-refractivity contribution in [3.8, 4) is 27.7 Å². The normalized spacial score (nSPS) is 16.0. The molecule has 186 valence electrons. The minimum Gasteiger partial charge on any atom is -0.493 e. The summed E-state index contributed by atoms with van der Waals surface area (Å²) in [4.78, 5) is 10.8. The van der Waals surface area contributed by atoms with Gasteiger partial charge in [0.15, 0.2) is 17.1 Å². The molecule has 8 nitrogen and oxygen atoms in total. The summed E-state index contributed by atoms with van der Waals surface area (Å²) >= 11 is 1.13. The summed E-state index contributed by atoms with van der Waals surface area (Å²) in [5.74, 6) is 0.344. The number of halogens is 3. The number of thiazole rings is 1. The quantitative estimate of drug-likeness (QED) is 0.401. The summed E-state index contributed by atoms with van der Waals surface area (Å²) in [6, 6.07) is 1.81. The van der Waals surface area contributed by atoms with Crippen LogP contribution in [-0.2, 0) is 6.18 Å². The van der Waals surface area contributed by atoms with E-state index in [1.807, 2.05) is 27.0 Å². The van der Waals surface area contributed by atoms with Crippen LogP contribution in [0.2, 0.25) is 0 Å². The van der Waals surface area contributed by atoms with Crippen molar-refractivity contribution in [2.45, 2.75) is 44.7 Å². The maximum absolute atomic E-state index is 14.0. The molecule has 1 fully saturated rings. The molecule has 4 aromatic heterocycles. The molecule has 1 aliphatic rings. The highest BCUT2D eigenvalue weighted by atomic mass is 32.1. The Morgan fingerprint density at radius 1 is 1.23 bits per heavy atom. The minimum atomic E-state index is -4.51. The highest BCUT2D eigenvalue weighted by molar-refractivity contribution is 7.15. The predicted octanol–water partition coefficient (Wildman–Crippen LogP) is 5.20. The van der Waals surface area contributed by atoms with Gasteiger partial charge in [-0.05, 0) is 50.9 Å². The first-order valence-electron chi connectivity index (χ1n) is 11.4. The van der Waals surface area contributed by atoms with Crippen LogP contribution < -0.4 is 4.74 Å². The Morgan fingerprint density at radius 2 is 1.97 bits per heavy atom. The Labute approximate surface area is 204 Å². The molecule has 0 radical (unpaired) electrons. The fourth-order valence-corrected chi connectivity index (χ4v) is 5.92. The van der Waals surface area contributed by atoms with Crippen molar-refractivity contribution in [3.05, 3.63) is 34.7 Å². The number of fused-ring (bicyclic) bond motifs is 1. The van der Waals surface area contributed by atoms with Crippen LogP contribution in [0, 0.1) is 0 Å². The topological polar surface area (TPSA) is 84.2 Å². The first-order chi connectivity index (χ1) is 16.7. The maximum Gasteiger partial charge on any atom is 0.434 e. The lowest BCUT2D eigenvalue weighted by molar-refractivity contribution is -0.141. The summed E-state index contributed by atoms with van der Waals surface area (Å²) in [6.07, 6.45) is 0.0670. The lowest BCUT2D eigenvalue weighted by Crippen LogP contribution is -2.29. The fraction of sp³-hybridized carbons (Fsp3) is 0.478. The van der Waals surface area contributed by atoms with Crippen LogP contribution in [0.3, 0.4) is 0 Å². The van der Waals surface area contributed by atoms with Gasteiger partial charge < -0.3 is 9.64 Å². The van der Waals surface area contributed by atoms with Gasteiger partial charge in [0.1, 0.15) is 11.3 Å². The van der Waals surface area contributed by atoms with E-state index in [0.29, 0.717) is 51.1 Å². The zero-order chi connectivity index (χ0) is 24.9. The standard InChI is InChI=1S/C23H26F3N7OS/c1-12(2)16-17(14-9-15(34-4)21-27-11-28-33(21)10-14)30-31-18(16)22-29-20(23(24,25)26)19(35-22)13-5-7-32(3)8-6-13/h9-13H,5-8H2,1-4H3,(H,30,31). The Morgan fingerprint density at radius 3 is 2.63 bits per heavy atom. The predicted molar refractivity (Wildman–Crippen MR) is 127 cm³/mol. The molecule has 0 amide bonds. The van der Waals surface area contributed by atoms with Crippen LogP contribution in [-0.4, -0.2) is 61.9 Å². The van der Waals surface area contributed by atoms with Crippen molar-refractivity contribution in [3.63, 3.8) is 0 Å². The van der Waals surface area contributed by atoms with Gasteiger partial charge in [0.25, 0.3) is 0 Å². The Hall–Kier alpha value is -2.99. The molecule has 5 heterocycles. The summed E-state index contributed by atoms with van der Waals surface area (Å²) < 4.78 is 49.1. The molecule has 0 bridgehead atoms. The molecule has 4 aromatic rings. The van der Waals surface area contributed by atoms with Gasteiger partial charge in [-0.3, -0.25) is 5.10 Å². The van der Waals surface area contributed by atoms with Gasteiger partial charge >= 0.3 is 6.18 Å². The third-order valence-electron chi connectivity index (χ3n) is 6.44. The average Bonchev–Trinajstić information content (AvgIpc) is 3.55. The molecule has 0 atom stereocenters. The Kier molecular flexibility index (Phi) is 6.04. The molecule has 0 saturated carbocycles. The zero-order valence-corrected chi connectivity index (χ0v) is 20.7. The van der Waals surface area contributed by atoms with E-state index in [9.17, 15) is 13.2 Å². The molecule has 0 aliphatic carbocycles. The number of aromatic nitrogens is 6. The smallest absolute Gasteiger partial charge is 0.434 e. The Bertz CT molecular complexity index is 1350. The van der Waals surface area contributed by atoms with Crippen LogP contribution >= 0.6 is 11.3 Å². The molecule has 12 heteroatoms. The highest BCUT2D eigenvalue weighted by Gasteiger charge is 2.40. The number of piperidine rings is 1. The van der Waals surface area contributed by atoms with E-state index in [1.54, 1.807) is 17.8 Å². The second-order valence-electron chi connectivity index (χ2n) is 9.15. The number of hydrogen-bond acceptors (Lipinski definition) is 7. The van der Waals surface area contributed by atoms with Gasteiger partial charge in [0, 0.05) is 22.2 Å². The fourth-order valence-electron chi connectivity index (χ4n) is 4.66. The SMILES string of the molecule is COc1cc(-c2n[nH]c(-c3nc(C(F)(F)F)c(C4CCN(C)CC4)s3)c2C(C)C)cn2ncnc12. The van der Waals surface area contributed by atoms with Gasteiger partial charge in [-0.25, -0.2) is 14.5 Å². The molecule has 0 unspecified atom stereocenters. The molecule has 0 spiro atoms. The van der Waals surface area contributed by atoms with E-state index in [2.05, 4.69) is 30.2 Å². The molecular formula is C23H26F3N7OS. The lowest BCUT2D eigenvalue weighted by atomic mass is 9.94. The summed E-state index contributed by atoms with van der Waals surface area (Å²) in [7, 11) is 3.54. The van der Waals surface area contributed by atoms with Crippen LogP contribution in [0.1, 0.15) is 54.7 Å². The number of rotatable bonds is 5. The van der Waals surface area contributed by atoms with E-state index in [1.165, 1.54) is 6.33 Å². The van der Waals surface area contributed by atoms with Crippen molar-refractivity contribution in [1.82, 2.24) is 34.7 Å². The molecule has 1 aliphatic heterocycles. The van der Waals surface area contributed by atoms with Gasteiger partial charge in [0.05, 0.1) is 18.5 Å². The number of pyridine rings is 1. The summed E-state index contributed by atoms with van der Waals surface area (Å²) in [5.41, 5.74) is 2.44. The van der Waals surface area contributed by atoms with Crippen LogP contribution in [0.5, 0.6) is 5.75 Å². The number of hydrogen-bond donors (Lipinski definition) is 1. The van der Waals surface area contributed by atoms with E-state index >= 15 is 0 Å². The largest absolute Gasteiger partial charge is 0.493 e. The van der Waals surface area contributed by atoms with Crippen molar-refractivity contribution in [2.24, 2.45) is 0 Å². The van der Waals surface area contributed by atoms with Crippen LogP contribution in [0.25, 0.3) is 27.6 Å². The van der Waals surface area contributed by atoms with Crippen molar-refractivity contribution < 1.29 is 17.9 Å². The van der Waals surface area contributed by atoms with Crippen molar-refractivity contribution >= 4 is 17.0 Å². The number of aromatic amines is 1. The minimum absolute atomic E-state index is 0.0267. The number of nitrogens with zero attached hydrogens (tertiary/aromatic N) is 6. The van der Waals surface area contributed by atoms with Crippen LogP contribution in [0.15, 0.2) is 18.6 Å². The maximum atomic E-state index is 14.0. The van der Waals surface area contributed by atoms with Gasteiger partial charge in [-0.2, -0.15) is 23.4 Å². The van der Waals surface area contributed by atoms with Gasteiger partial charge in [-0.15, -0.1) is 11.3 Å². The summed E-state index contributed by atoms with van der Waals surface area (Å²) in [6.45, 7) is 5.51. The van der Waals surface area contributed by atoms with Crippen LogP contribution in [0.4, 0.5) is 13.2 Å². The first-order valence-corrected chi connectivity index (χ1v) is 12.2. The third kappa shape index (κ3) is 4.29. The van der Waals surface area contributed by atoms with E-state index in [0.717, 1.165) is 30.0 Å². The van der Waals surface area contributed by atoms with Gasteiger partial charge in [0.2, 0.25) is 0 Å². The zero-order valence-electron chi connectivity index (χ0n) is 19.8. The monoisotopic (exact) mass is 505 g/mol. The second-order valence-corrected chi connectivity index (χ2v) is 10.2. The average molecular weight is 506 g/mol. The summed E-state index contributed by atoms with van der Waals surface area (Å²) in [5, 5.41) is 12.0. The molecule has 35 heavy (non-hydrogen) atoms. The number of alkyl halides is 3. The van der Waals surface area contributed by atoms with E-state index in [4.69, 9.17) is 4.74 Å². The van der Waals surface area contributed by atoms with Crippen molar-refractivity contribution in [1.29, 1.82) is 0 Å². The molecule has 1 N–H and O–H groups in total. The van der Waals surface area contributed by atoms with E-state index in [-0.39, 0.29) is 11.8 Å². The number of ether oxygens (including phenoxy) is 1. The number of nitrogens with one attached hydrogen (secondary N) is 1. The number of likely N-dealkylation sites (tertiary alicyclic amines) is 1. The first kappa shape index (κ1) is 23.7. The van der Waals surface area contributed by atoms with Crippen molar-refractivity contribution in [2.75, 3.05) is 27.2 Å². The second kappa shape index (κ2) is 8.90. The highest BCUT2D eigenvalue weighted by Crippen LogP contribution is 2.46. The molecule has 1 saturated heterocycles. The Balaban J connectivity index is 1.62. The molecule has 0 aromatic carbocycles. The van der Waals surface area contributed by atoms with Gasteiger partial charge in [-0.1, -0.05) is 13.8 Å². The third-order valence-corrected chi connectivity index (χ3v) is 7.68. The van der Waals surface area contributed by atoms with E-state index < -0.39 is 11.9 Å². The number of H-pyrrole nitrogens is 1. The lowest BCUT2D eigenvalue weighted by Gasteiger charge is -2.28. The molecular weight excluding hydrogens is 479 g/mol. The molecule has 5 rings (SSSR count). The number of methoxy groups -OCH3 is 1.